The van der Waals surface area contributed by atoms with Gasteiger partial charge in [-0.15, -0.1) is 0 Å². The number of methoxy groups -OCH3 is 1. The number of ether oxygens (including phenoxy) is 2. The van der Waals surface area contributed by atoms with Gasteiger partial charge in [0.05, 0.1) is 29.2 Å². The maximum atomic E-state index is 13.0. The molecule has 1 heterocycles. The molecular weight excluding hydrogens is 484 g/mol. The van der Waals surface area contributed by atoms with Gasteiger partial charge < -0.3 is 9.47 Å². The van der Waals surface area contributed by atoms with E-state index >= 15 is 0 Å². The number of halogens is 1. The van der Waals surface area contributed by atoms with Crippen molar-refractivity contribution in [2.75, 3.05) is 7.11 Å². The van der Waals surface area contributed by atoms with E-state index in [0.29, 0.717) is 23.1 Å². The number of non-ortho nitro benzene ring substituents is 1. The zero-order chi connectivity index (χ0) is 23.4. The molecule has 3 rings (SSSR count). The highest BCUT2D eigenvalue weighted by Crippen LogP contribution is 2.24. The van der Waals surface area contributed by atoms with Crippen LogP contribution in [-0.4, -0.2) is 40.0 Å². The summed E-state index contributed by atoms with van der Waals surface area (Å²) in [5, 5.41) is 15.8. The topological polar surface area (TPSA) is 126 Å². The molecular formula is C21H19BrN4O6. The summed E-state index contributed by atoms with van der Waals surface area (Å²) < 4.78 is 12.1. The minimum atomic E-state index is -0.956. The van der Waals surface area contributed by atoms with E-state index in [0.717, 1.165) is 9.15 Å². The van der Waals surface area contributed by atoms with Gasteiger partial charge in [0, 0.05) is 28.6 Å². The molecule has 166 valence electrons. The van der Waals surface area contributed by atoms with Crippen molar-refractivity contribution in [3.63, 3.8) is 0 Å². The highest BCUT2D eigenvalue weighted by atomic mass is 79.9. The molecule has 3 aromatic rings. The van der Waals surface area contributed by atoms with Gasteiger partial charge in [0.25, 0.3) is 11.2 Å². The van der Waals surface area contributed by atoms with Gasteiger partial charge in [0.15, 0.2) is 6.10 Å². The number of rotatable bonds is 7. The van der Waals surface area contributed by atoms with Gasteiger partial charge >= 0.3 is 5.97 Å². The Morgan fingerprint density at radius 3 is 2.75 bits per heavy atom. The van der Waals surface area contributed by atoms with Crippen LogP contribution in [0, 0.1) is 10.1 Å². The average molecular weight is 503 g/mol. The van der Waals surface area contributed by atoms with Gasteiger partial charge in [0.1, 0.15) is 11.6 Å². The zero-order valence-electron chi connectivity index (χ0n) is 17.4. The standard InChI is InChI=1S/C21H19BrN4O6/c1-4-19-24-17-7-5-14(22)10-16(17)20(27)25(19)23-11-13-9-15(26(29)30)6-8-18(13)32-12(2)21(28)31-3/h5-12H,4H2,1-3H3/t12-/m0/s1. The van der Waals surface area contributed by atoms with Crippen LogP contribution >= 0.6 is 15.9 Å². The molecule has 0 saturated heterocycles. The van der Waals surface area contributed by atoms with Crippen LogP contribution in [-0.2, 0) is 16.0 Å². The number of nitrogens with zero attached hydrogens (tertiary/aromatic N) is 4. The van der Waals surface area contributed by atoms with Crippen molar-refractivity contribution in [2.24, 2.45) is 5.10 Å². The number of aryl methyl sites for hydroxylation is 1. The molecule has 0 aliphatic heterocycles. The molecule has 0 saturated carbocycles. The van der Waals surface area contributed by atoms with Gasteiger partial charge in [-0.3, -0.25) is 14.9 Å². The second-order valence-electron chi connectivity index (χ2n) is 6.67. The normalized spacial score (nSPS) is 12.1. The molecule has 1 atom stereocenters. The first kappa shape index (κ1) is 23.1. The van der Waals surface area contributed by atoms with Crippen molar-refractivity contribution >= 4 is 44.7 Å². The van der Waals surface area contributed by atoms with E-state index in [1.807, 2.05) is 6.92 Å². The van der Waals surface area contributed by atoms with Crippen LogP contribution in [0.2, 0.25) is 0 Å². The van der Waals surface area contributed by atoms with E-state index in [9.17, 15) is 19.7 Å². The summed E-state index contributed by atoms with van der Waals surface area (Å²) >= 11 is 3.34. The molecule has 0 aliphatic rings. The number of fused-ring (bicyclic) bond motifs is 1. The molecule has 1 aromatic heterocycles. The number of nitro benzene ring substituents is 1. The SMILES string of the molecule is CCc1nc2ccc(Br)cc2c(=O)n1N=Cc1cc([N+](=O)[O-])ccc1O[C@@H](C)C(=O)OC. The van der Waals surface area contributed by atoms with Gasteiger partial charge in [-0.05, 0) is 31.2 Å². The number of esters is 1. The highest BCUT2D eigenvalue weighted by Gasteiger charge is 2.18. The fourth-order valence-corrected chi connectivity index (χ4v) is 3.29. The molecule has 0 amide bonds. The first-order valence-electron chi connectivity index (χ1n) is 9.53. The van der Waals surface area contributed by atoms with E-state index in [4.69, 9.17) is 4.74 Å². The lowest BCUT2D eigenvalue weighted by Crippen LogP contribution is -2.25. The molecule has 0 bridgehead atoms. The maximum Gasteiger partial charge on any atom is 0.346 e. The molecule has 10 nitrogen and oxygen atoms in total. The number of carbonyl (C=O) groups is 1. The number of nitro groups is 1. The van der Waals surface area contributed by atoms with E-state index in [2.05, 4.69) is 30.8 Å². The first-order chi connectivity index (χ1) is 15.2. The Kier molecular flexibility index (Phi) is 6.98. The minimum Gasteiger partial charge on any atom is -0.478 e. The van der Waals surface area contributed by atoms with Gasteiger partial charge in [-0.1, -0.05) is 22.9 Å². The van der Waals surface area contributed by atoms with E-state index in [1.165, 1.54) is 38.4 Å². The second-order valence-corrected chi connectivity index (χ2v) is 7.58. The summed E-state index contributed by atoms with van der Waals surface area (Å²) in [6.07, 6.45) is 0.733. The molecule has 11 heteroatoms. The Bertz CT molecular complexity index is 1290. The summed E-state index contributed by atoms with van der Waals surface area (Å²) in [5.74, 6) is -0.0308. The van der Waals surface area contributed by atoms with Crippen LogP contribution in [0.15, 0.2) is 50.8 Å². The monoisotopic (exact) mass is 502 g/mol. The third kappa shape index (κ3) is 4.83. The summed E-state index contributed by atoms with van der Waals surface area (Å²) in [6, 6.07) is 9.01. The Morgan fingerprint density at radius 2 is 2.09 bits per heavy atom. The van der Waals surface area contributed by atoms with E-state index in [1.54, 1.807) is 18.2 Å². The van der Waals surface area contributed by atoms with Crippen molar-refractivity contribution < 1.29 is 19.2 Å². The van der Waals surface area contributed by atoms with Crippen LogP contribution in [0.5, 0.6) is 5.75 Å². The number of benzene rings is 2. The fourth-order valence-electron chi connectivity index (χ4n) is 2.92. The van der Waals surface area contributed by atoms with Crippen LogP contribution < -0.4 is 10.3 Å². The van der Waals surface area contributed by atoms with Crippen molar-refractivity contribution in [2.45, 2.75) is 26.4 Å². The molecule has 32 heavy (non-hydrogen) atoms. The van der Waals surface area contributed by atoms with Crippen LogP contribution in [0.1, 0.15) is 25.2 Å². The molecule has 0 aliphatic carbocycles. The summed E-state index contributed by atoms with van der Waals surface area (Å²) in [6.45, 7) is 3.32. The van der Waals surface area contributed by atoms with Crippen molar-refractivity contribution in [1.82, 2.24) is 9.66 Å². The second kappa shape index (κ2) is 9.69. The van der Waals surface area contributed by atoms with Crippen molar-refractivity contribution in [1.29, 1.82) is 0 Å². The molecule has 0 N–H and O–H groups in total. The molecule has 0 fully saturated rings. The fraction of sp³-hybridized carbons (Fsp3) is 0.238. The first-order valence-corrected chi connectivity index (χ1v) is 10.3. The van der Waals surface area contributed by atoms with Crippen molar-refractivity contribution in [3.05, 3.63) is 72.7 Å². The van der Waals surface area contributed by atoms with Crippen LogP contribution in [0.3, 0.4) is 0 Å². The van der Waals surface area contributed by atoms with E-state index < -0.39 is 17.0 Å². The Balaban J connectivity index is 2.11. The smallest absolute Gasteiger partial charge is 0.346 e. The number of hydrogen-bond acceptors (Lipinski definition) is 8. The molecule has 2 aromatic carbocycles. The number of hydrogen-bond donors (Lipinski definition) is 0. The largest absolute Gasteiger partial charge is 0.478 e. The maximum absolute atomic E-state index is 13.0. The molecule has 0 radical (unpaired) electrons. The van der Waals surface area contributed by atoms with Gasteiger partial charge in [-0.25, -0.2) is 9.78 Å². The summed E-state index contributed by atoms with van der Waals surface area (Å²) in [7, 11) is 1.23. The lowest BCUT2D eigenvalue weighted by molar-refractivity contribution is -0.384. The lowest BCUT2D eigenvalue weighted by atomic mass is 10.2. The van der Waals surface area contributed by atoms with Crippen LogP contribution in [0.25, 0.3) is 10.9 Å². The summed E-state index contributed by atoms with van der Waals surface area (Å²) in [4.78, 5) is 39.9. The minimum absolute atomic E-state index is 0.167. The number of aromatic nitrogens is 2. The van der Waals surface area contributed by atoms with Crippen molar-refractivity contribution in [3.8, 4) is 5.75 Å². The van der Waals surface area contributed by atoms with Gasteiger partial charge in [-0.2, -0.15) is 9.78 Å². The van der Waals surface area contributed by atoms with Gasteiger partial charge in [0.2, 0.25) is 0 Å². The van der Waals surface area contributed by atoms with Crippen LogP contribution in [0.4, 0.5) is 5.69 Å². The predicted molar refractivity (Wildman–Crippen MR) is 121 cm³/mol. The zero-order valence-corrected chi connectivity index (χ0v) is 19.0. The summed E-state index contributed by atoms with van der Waals surface area (Å²) in [5.41, 5.74) is 0.152. The lowest BCUT2D eigenvalue weighted by Gasteiger charge is -2.14. The highest BCUT2D eigenvalue weighted by molar-refractivity contribution is 9.10. The Hall–Kier alpha value is -3.60. The number of carbonyl (C=O) groups excluding carboxylic acids is 1. The molecule has 0 spiro atoms. The predicted octanol–water partition coefficient (Wildman–Crippen LogP) is 3.45. The molecule has 0 unspecified atom stereocenters. The third-order valence-electron chi connectivity index (χ3n) is 4.54. The average Bonchev–Trinajstić information content (AvgIpc) is 2.78. The third-order valence-corrected chi connectivity index (χ3v) is 5.04. The Labute approximate surface area is 190 Å². The van der Waals surface area contributed by atoms with E-state index in [-0.39, 0.29) is 22.6 Å². The quantitative estimate of drug-likeness (QED) is 0.209. The Morgan fingerprint density at radius 1 is 1.34 bits per heavy atom.